The van der Waals surface area contributed by atoms with Crippen LogP contribution >= 0.6 is 0 Å². The lowest BCUT2D eigenvalue weighted by molar-refractivity contribution is 0.00908. The van der Waals surface area contributed by atoms with Crippen LogP contribution in [-0.2, 0) is 4.74 Å². The number of ether oxygens (including phenoxy) is 1. The largest absolute Gasteiger partial charge is 0.465 e. The Morgan fingerprint density at radius 2 is 2.00 bits per heavy atom. The molecule has 1 N–H and O–H groups in total. The van der Waals surface area contributed by atoms with Crippen LogP contribution in [-0.4, -0.2) is 60.6 Å². The van der Waals surface area contributed by atoms with Crippen molar-refractivity contribution in [2.24, 2.45) is 11.8 Å². The van der Waals surface area contributed by atoms with Gasteiger partial charge in [0.2, 0.25) is 0 Å². The molecule has 3 fully saturated rings. The molecule has 3 aliphatic heterocycles. The number of amides is 2. The van der Waals surface area contributed by atoms with Gasteiger partial charge in [-0.1, -0.05) is 30.2 Å². The molecular weight excluding hydrogens is 378 g/mol. The molecule has 2 bridgehead atoms. The molecule has 6 nitrogen and oxygen atoms in total. The Bertz CT molecular complexity index is 867. The van der Waals surface area contributed by atoms with Gasteiger partial charge >= 0.3 is 12.0 Å². The number of carbonyl (C=O) groups excluding carboxylic acids is 2. The van der Waals surface area contributed by atoms with Gasteiger partial charge in [0, 0.05) is 19.1 Å². The van der Waals surface area contributed by atoms with Crippen LogP contribution in [0.5, 0.6) is 0 Å². The molecule has 160 valence electrons. The van der Waals surface area contributed by atoms with Crippen molar-refractivity contribution >= 4 is 17.7 Å². The highest BCUT2D eigenvalue weighted by Crippen LogP contribution is 2.45. The molecule has 0 aromatic heterocycles. The molecule has 0 spiro atoms. The van der Waals surface area contributed by atoms with Gasteiger partial charge in [-0.2, -0.15) is 0 Å². The van der Waals surface area contributed by atoms with Crippen molar-refractivity contribution in [3.63, 3.8) is 0 Å². The number of hydrogen-bond acceptors (Lipinski definition) is 4. The first kappa shape index (κ1) is 19.6. The zero-order chi connectivity index (χ0) is 20.7. The van der Waals surface area contributed by atoms with E-state index in [1.165, 1.54) is 44.9 Å². The summed E-state index contributed by atoms with van der Waals surface area (Å²) in [7, 11) is 1.36. The summed E-state index contributed by atoms with van der Waals surface area (Å²) in [5, 5.41) is 3.00. The van der Waals surface area contributed by atoms with Gasteiger partial charge in [-0.15, -0.1) is 0 Å². The highest BCUT2D eigenvalue weighted by molar-refractivity contribution is 6.00. The first-order valence-corrected chi connectivity index (χ1v) is 11.4. The Morgan fingerprint density at radius 3 is 2.87 bits per heavy atom. The zero-order valence-electron chi connectivity index (χ0n) is 17.7. The molecule has 0 radical (unpaired) electrons. The maximum atomic E-state index is 13.4. The van der Waals surface area contributed by atoms with Gasteiger partial charge in [-0.25, -0.2) is 9.59 Å². The molecule has 4 aliphatic rings. The van der Waals surface area contributed by atoms with Crippen molar-refractivity contribution < 1.29 is 14.3 Å². The number of hydrogen-bond donors (Lipinski definition) is 1. The number of carbonyl (C=O) groups is 2. The highest BCUT2D eigenvalue weighted by Gasteiger charge is 2.47. The maximum absolute atomic E-state index is 13.4. The SMILES string of the molecule is COC(=O)c1ccccc1NC(=O)N1CCCC2=C[C@@H]3C[C@@H](CN4CCCC[C@H]34)[C@@H]21. The summed E-state index contributed by atoms with van der Waals surface area (Å²) in [6, 6.07) is 7.84. The average molecular weight is 410 g/mol. The van der Waals surface area contributed by atoms with Crippen LogP contribution in [0.2, 0.25) is 0 Å². The van der Waals surface area contributed by atoms with E-state index in [1.807, 2.05) is 11.0 Å². The van der Waals surface area contributed by atoms with Gasteiger partial charge in [-0.05, 0) is 62.6 Å². The van der Waals surface area contributed by atoms with Crippen LogP contribution < -0.4 is 5.32 Å². The van der Waals surface area contributed by atoms with Crippen LogP contribution in [0.4, 0.5) is 10.5 Å². The first-order chi connectivity index (χ1) is 14.7. The number of nitrogens with zero attached hydrogens (tertiary/aromatic N) is 2. The van der Waals surface area contributed by atoms with Gasteiger partial charge in [0.1, 0.15) is 0 Å². The minimum atomic E-state index is -0.436. The number of rotatable bonds is 2. The van der Waals surface area contributed by atoms with E-state index in [0.717, 1.165) is 25.9 Å². The Kier molecular flexibility index (Phi) is 5.27. The number of nitrogens with one attached hydrogen (secondary N) is 1. The second kappa shape index (κ2) is 8.06. The third kappa shape index (κ3) is 3.41. The molecule has 6 heteroatoms. The molecular formula is C24H31N3O3. The Balaban J connectivity index is 1.39. The quantitative estimate of drug-likeness (QED) is 0.594. The summed E-state index contributed by atoms with van der Waals surface area (Å²) in [4.78, 5) is 30.2. The summed E-state index contributed by atoms with van der Waals surface area (Å²) in [6.45, 7) is 3.07. The molecule has 1 aromatic carbocycles. The number of fused-ring (bicyclic) bond motifs is 6. The minimum Gasteiger partial charge on any atom is -0.465 e. The van der Waals surface area contributed by atoms with Crippen LogP contribution in [0.25, 0.3) is 0 Å². The third-order valence-corrected chi connectivity index (χ3v) is 7.49. The molecule has 5 rings (SSSR count). The standard InChI is InChI=1S/C24H31N3O3/c1-30-23(28)19-8-2-3-9-20(19)25-24(29)27-12-6-7-16-13-17-14-18(22(16)27)15-26-11-5-4-10-21(17)26/h2-3,8-9,13,17-18,21-22H,4-7,10-12,14-15H2,1H3,(H,25,29)/t17-,18+,21-,22-/m1/s1. The molecule has 0 unspecified atom stereocenters. The van der Waals surface area contributed by atoms with Crippen LogP contribution in [0.15, 0.2) is 35.9 Å². The lowest BCUT2D eigenvalue weighted by Gasteiger charge is -2.54. The van der Waals surface area contributed by atoms with E-state index in [4.69, 9.17) is 4.74 Å². The number of anilines is 1. The van der Waals surface area contributed by atoms with Crippen molar-refractivity contribution in [1.82, 2.24) is 9.80 Å². The fraction of sp³-hybridized carbons (Fsp3) is 0.583. The molecule has 4 atom stereocenters. The Hall–Kier alpha value is -2.34. The van der Waals surface area contributed by atoms with Crippen molar-refractivity contribution in [3.8, 4) is 0 Å². The monoisotopic (exact) mass is 409 g/mol. The number of likely N-dealkylation sites (tertiary alicyclic amines) is 1. The summed E-state index contributed by atoms with van der Waals surface area (Å²) < 4.78 is 4.88. The van der Waals surface area contributed by atoms with Gasteiger partial charge in [0.05, 0.1) is 24.4 Å². The van der Waals surface area contributed by atoms with E-state index in [9.17, 15) is 9.59 Å². The van der Waals surface area contributed by atoms with E-state index in [0.29, 0.717) is 29.1 Å². The van der Waals surface area contributed by atoms with Gasteiger partial charge < -0.3 is 15.0 Å². The fourth-order valence-corrected chi connectivity index (χ4v) is 6.27. The van der Waals surface area contributed by atoms with E-state index >= 15 is 0 Å². The second-order valence-corrected chi connectivity index (χ2v) is 9.17. The summed E-state index contributed by atoms with van der Waals surface area (Å²) in [5.41, 5.74) is 2.36. The predicted molar refractivity (Wildman–Crippen MR) is 115 cm³/mol. The summed E-state index contributed by atoms with van der Waals surface area (Å²) in [6.07, 6.45) is 9.78. The van der Waals surface area contributed by atoms with E-state index in [2.05, 4.69) is 16.3 Å². The number of urea groups is 1. The maximum Gasteiger partial charge on any atom is 0.339 e. The molecule has 30 heavy (non-hydrogen) atoms. The number of esters is 1. The summed E-state index contributed by atoms with van der Waals surface area (Å²) >= 11 is 0. The van der Waals surface area contributed by atoms with Crippen LogP contribution in [0.1, 0.15) is 48.9 Å². The lowest BCUT2D eigenvalue weighted by atomic mass is 9.68. The topological polar surface area (TPSA) is 61.9 Å². The van der Waals surface area contributed by atoms with Crippen molar-refractivity contribution in [2.45, 2.75) is 50.6 Å². The van der Waals surface area contributed by atoms with E-state index < -0.39 is 5.97 Å². The molecule has 1 aliphatic carbocycles. The third-order valence-electron chi connectivity index (χ3n) is 7.49. The van der Waals surface area contributed by atoms with Crippen LogP contribution in [0, 0.1) is 11.8 Å². The zero-order valence-corrected chi connectivity index (χ0v) is 17.7. The Morgan fingerprint density at radius 1 is 1.13 bits per heavy atom. The average Bonchev–Trinajstić information content (AvgIpc) is 2.78. The van der Waals surface area contributed by atoms with Crippen molar-refractivity contribution in [2.75, 3.05) is 32.1 Å². The number of benzene rings is 1. The highest BCUT2D eigenvalue weighted by atomic mass is 16.5. The van der Waals surface area contributed by atoms with Crippen molar-refractivity contribution in [1.29, 1.82) is 0 Å². The van der Waals surface area contributed by atoms with Gasteiger partial charge in [0.15, 0.2) is 0 Å². The Labute approximate surface area is 178 Å². The number of methoxy groups -OCH3 is 1. The van der Waals surface area contributed by atoms with Gasteiger partial charge in [0.25, 0.3) is 0 Å². The predicted octanol–water partition coefficient (Wildman–Crippen LogP) is 3.90. The van der Waals surface area contributed by atoms with Crippen LogP contribution in [0.3, 0.4) is 0 Å². The molecule has 1 aromatic rings. The smallest absolute Gasteiger partial charge is 0.339 e. The van der Waals surface area contributed by atoms with Gasteiger partial charge in [-0.3, -0.25) is 4.90 Å². The molecule has 3 saturated heterocycles. The van der Waals surface area contributed by atoms with Crippen molar-refractivity contribution in [3.05, 3.63) is 41.5 Å². The number of para-hydroxylation sites is 1. The molecule has 2 amide bonds. The molecule has 3 heterocycles. The van der Waals surface area contributed by atoms with E-state index in [-0.39, 0.29) is 12.1 Å². The lowest BCUT2D eigenvalue weighted by Crippen LogP contribution is -2.60. The normalized spacial score (nSPS) is 30.6. The fourth-order valence-electron chi connectivity index (χ4n) is 6.27. The minimum absolute atomic E-state index is 0.110. The summed E-state index contributed by atoms with van der Waals surface area (Å²) in [5.74, 6) is 0.721. The molecule has 0 saturated carbocycles. The first-order valence-electron chi connectivity index (χ1n) is 11.4. The van der Waals surface area contributed by atoms with E-state index in [1.54, 1.807) is 18.2 Å². The number of piperidine rings is 3. The second-order valence-electron chi connectivity index (χ2n) is 9.17.